The van der Waals surface area contributed by atoms with E-state index in [4.69, 9.17) is 0 Å². The van der Waals surface area contributed by atoms with Crippen molar-refractivity contribution < 1.29 is 0 Å². The van der Waals surface area contributed by atoms with E-state index in [1.54, 1.807) is 0 Å². The molecule has 0 aromatic carbocycles. The van der Waals surface area contributed by atoms with Gasteiger partial charge in [0.15, 0.2) is 0 Å². The fourth-order valence-electron chi connectivity index (χ4n) is 7.32. The summed E-state index contributed by atoms with van der Waals surface area (Å²) in [5, 5.41) is 3.63. The number of nitrogens with one attached hydrogen (secondary N) is 1. The predicted molar refractivity (Wildman–Crippen MR) is 135 cm³/mol. The summed E-state index contributed by atoms with van der Waals surface area (Å²) in [5.41, 5.74) is 0. The standard InChI is InChI=1S/C28H55N3/c1-19(2)26-10-12-30(23(6)14-26)17-20(3)28-15-24(7)31(25(8)16-28)18-21(4)27-9-11-29-22(5)13-27/h19-29H,9-18H2,1-8H3/t20?,21?,22-,23?,24-,25+,26?,27?,28?/m0/s1. The summed E-state index contributed by atoms with van der Waals surface area (Å²) in [6, 6.07) is 2.95. The van der Waals surface area contributed by atoms with Crippen LogP contribution in [0.3, 0.4) is 0 Å². The molecular formula is C28H55N3. The Kier molecular flexibility index (Phi) is 9.33. The van der Waals surface area contributed by atoms with Crippen molar-refractivity contribution >= 4 is 0 Å². The van der Waals surface area contributed by atoms with E-state index in [2.05, 4.69) is 70.5 Å². The molecular weight excluding hydrogens is 378 g/mol. The van der Waals surface area contributed by atoms with Crippen molar-refractivity contribution in [3.8, 4) is 0 Å². The van der Waals surface area contributed by atoms with Gasteiger partial charge in [0.1, 0.15) is 0 Å². The first-order valence-corrected chi connectivity index (χ1v) is 13.9. The lowest BCUT2D eigenvalue weighted by molar-refractivity contribution is 0.0147. The molecule has 0 aromatic rings. The second-order valence-electron chi connectivity index (χ2n) is 12.6. The zero-order valence-corrected chi connectivity index (χ0v) is 22.2. The van der Waals surface area contributed by atoms with Crippen LogP contribution in [0.15, 0.2) is 0 Å². The summed E-state index contributed by atoms with van der Waals surface area (Å²) in [6.07, 6.45) is 8.35. The molecule has 0 radical (unpaired) electrons. The molecule has 0 aromatic heterocycles. The van der Waals surface area contributed by atoms with Crippen LogP contribution in [-0.2, 0) is 0 Å². The highest BCUT2D eigenvalue weighted by molar-refractivity contribution is 4.90. The molecule has 0 bridgehead atoms. The molecule has 3 heteroatoms. The van der Waals surface area contributed by atoms with Gasteiger partial charge in [0.25, 0.3) is 0 Å². The van der Waals surface area contributed by atoms with Gasteiger partial charge < -0.3 is 10.2 Å². The molecule has 3 aliphatic rings. The summed E-state index contributed by atoms with van der Waals surface area (Å²) in [7, 11) is 0. The molecule has 6 unspecified atom stereocenters. The van der Waals surface area contributed by atoms with Crippen LogP contribution in [0.25, 0.3) is 0 Å². The fraction of sp³-hybridized carbons (Fsp3) is 1.00. The van der Waals surface area contributed by atoms with Gasteiger partial charge in [-0.3, -0.25) is 4.90 Å². The molecule has 3 saturated heterocycles. The molecule has 1 N–H and O–H groups in total. The van der Waals surface area contributed by atoms with E-state index in [0.29, 0.717) is 6.04 Å². The molecule has 3 fully saturated rings. The Labute approximate surface area is 195 Å². The van der Waals surface area contributed by atoms with Gasteiger partial charge in [-0.05, 0) is 115 Å². The zero-order valence-electron chi connectivity index (χ0n) is 22.2. The first-order chi connectivity index (χ1) is 14.7. The van der Waals surface area contributed by atoms with E-state index in [9.17, 15) is 0 Å². The van der Waals surface area contributed by atoms with Gasteiger partial charge in [-0.25, -0.2) is 0 Å². The molecule has 3 rings (SSSR count). The van der Waals surface area contributed by atoms with Gasteiger partial charge in [0, 0.05) is 37.3 Å². The minimum Gasteiger partial charge on any atom is -0.314 e. The first kappa shape index (κ1) is 25.5. The number of nitrogens with zero attached hydrogens (tertiary/aromatic N) is 2. The maximum absolute atomic E-state index is 3.63. The van der Waals surface area contributed by atoms with E-state index in [0.717, 1.165) is 53.6 Å². The minimum atomic E-state index is 0.704. The second-order valence-corrected chi connectivity index (χ2v) is 12.6. The van der Waals surface area contributed by atoms with E-state index in [1.165, 1.54) is 64.7 Å². The lowest BCUT2D eigenvalue weighted by Crippen LogP contribution is -2.52. The molecule has 0 saturated carbocycles. The van der Waals surface area contributed by atoms with Gasteiger partial charge in [-0.2, -0.15) is 0 Å². The van der Waals surface area contributed by atoms with Gasteiger partial charge in [-0.1, -0.05) is 27.7 Å². The van der Waals surface area contributed by atoms with E-state index in [1.807, 2.05) is 0 Å². The summed E-state index contributed by atoms with van der Waals surface area (Å²) in [4.78, 5) is 5.70. The average molecular weight is 434 g/mol. The maximum Gasteiger partial charge on any atom is 0.00726 e. The van der Waals surface area contributed by atoms with Crippen molar-refractivity contribution in [3.63, 3.8) is 0 Å². The van der Waals surface area contributed by atoms with E-state index >= 15 is 0 Å². The Hall–Kier alpha value is -0.120. The summed E-state index contributed by atoms with van der Waals surface area (Å²) < 4.78 is 0. The molecule has 3 aliphatic heterocycles. The third kappa shape index (κ3) is 6.70. The SMILES string of the molecule is CC(C)C1CCN(CC(C)C2C[C@@H](C)N(CC(C)C3CCN[C@@H](C)C3)[C@@H](C)C2)C(C)C1. The van der Waals surface area contributed by atoms with Crippen molar-refractivity contribution in [2.24, 2.45) is 35.5 Å². The Morgan fingerprint density at radius 1 is 0.710 bits per heavy atom. The highest BCUT2D eigenvalue weighted by Gasteiger charge is 2.37. The van der Waals surface area contributed by atoms with Crippen molar-refractivity contribution in [2.75, 3.05) is 26.2 Å². The van der Waals surface area contributed by atoms with E-state index in [-0.39, 0.29) is 0 Å². The highest BCUT2D eigenvalue weighted by Crippen LogP contribution is 2.36. The highest BCUT2D eigenvalue weighted by atomic mass is 15.2. The van der Waals surface area contributed by atoms with Crippen LogP contribution in [0.1, 0.15) is 93.9 Å². The summed E-state index contributed by atoms with van der Waals surface area (Å²) in [6.45, 7) is 25.0. The van der Waals surface area contributed by atoms with Crippen LogP contribution in [0.5, 0.6) is 0 Å². The smallest absolute Gasteiger partial charge is 0.00726 e. The normalized spacial score (nSPS) is 40.7. The van der Waals surface area contributed by atoms with Gasteiger partial charge in [-0.15, -0.1) is 0 Å². The Morgan fingerprint density at radius 3 is 1.90 bits per heavy atom. The molecule has 0 spiro atoms. The average Bonchev–Trinajstić information content (AvgIpc) is 2.71. The van der Waals surface area contributed by atoms with Gasteiger partial charge in [0.2, 0.25) is 0 Å². The van der Waals surface area contributed by atoms with Crippen LogP contribution < -0.4 is 5.32 Å². The molecule has 182 valence electrons. The first-order valence-electron chi connectivity index (χ1n) is 13.9. The quantitative estimate of drug-likeness (QED) is 0.540. The van der Waals surface area contributed by atoms with Crippen molar-refractivity contribution in [1.29, 1.82) is 0 Å². The maximum atomic E-state index is 3.63. The van der Waals surface area contributed by atoms with E-state index < -0.39 is 0 Å². The Morgan fingerprint density at radius 2 is 1.32 bits per heavy atom. The van der Waals surface area contributed by atoms with Crippen LogP contribution in [0, 0.1) is 35.5 Å². The van der Waals surface area contributed by atoms with Crippen molar-refractivity contribution in [2.45, 2.75) is 118 Å². The van der Waals surface area contributed by atoms with Crippen LogP contribution in [-0.4, -0.2) is 60.1 Å². The summed E-state index contributed by atoms with van der Waals surface area (Å²) >= 11 is 0. The minimum absolute atomic E-state index is 0.704. The monoisotopic (exact) mass is 433 g/mol. The fourth-order valence-corrected chi connectivity index (χ4v) is 7.32. The largest absolute Gasteiger partial charge is 0.314 e. The lowest BCUT2D eigenvalue weighted by atomic mass is 9.77. The molecule has 31 heavy (non-hydrogen) atoms. The topological polar surface area (TPSA) is 18.5 Å². The zero-order chi connectivity index (χ0) is 22.7. The molecule has 0 amide bonds. The van der Waals surface area contributed by atoms with Crippen LogP contribution in [0.4, 0.5) is 0 Å². The van der Waals surface area contributed by atoms with Gasteiger partial charge in [0.05, 0.1) is 0 Å². The molecule has 3 nitrogen and oxygen atoms in total. The third-order valence-electron chi connectivity index (χ3n) is 9.71. The van der Waals surface area contributed by atoms with Gasteiger partial charge >= 0.3 is 0 Å². The lowest BCUT2D eigenvalue weighted by Gasteiger charge is -2.48. The molecule has 9 atom stereocenters. The summed E-state index contributed by atoms with van der Waals surface area (Å²) in [5.74, 6) is 5.24. The Balaban J connectivity index is 1.48. The number of hydrogen-bond donors (Lipinski definition) is 1. The van der Waals surface area contributed by atoms with Crippen molar-refractivity contribution in [3.05, 3.63) is 0 Å². The second kappa shape index (κ2) is 11.3. The number of rotatable bonds is 7. The van der Waals surface area contributed by atoms with Crippen LogP contribution in [0.2, 0.25) is 0 Å². The number of likely N-dealkylation sites (tertiary alicyclic amines) is 2. The number of piperidine rings is 3. The van der Waals surface area contributed by atoms with Crippen LogP contribution >= 0.6 is 0 Å². The molecule has 0 aliphatic carbocycles. The van der Waals surface area contributed by atoms with Crippen molar-refractivity contribution in [1.82, 2.24) is 15.1 Å². The number of hydrogen-bond acceptors (Lipinski definition) is 3. The predicted octanol–water partition coefficient (Wildman–Crippen LogP) is 5.89. The molecule has 3 heterocycles. The third-order valence-corrected chi connectivity index (χ3v) is 9.71. The Bertz CT molecular complexity index is 522.